The fourth-order valence-corrected chi connectivity index (χ4v) is 1.27. The summed E-state index contributed by atoms with van der Waals surface area (Å²) in [6.07, 6.45) is 2.16. The lowest BCUT2D eigenvalue weighted by atomic mass is 10.2. The topological polar surface area (TPSA) is 12.0 Å². The summed E-state index contributed by atoms with van der Waals surface area (Å²) >= 11 is 1.90. The molecule has 1 N–H and O–H groups in total. The molecule has 66 valence electrons. The predicted octanol–water partition coefficient (Wildman–Crippen LogP) is 2.50. The van der Waals surface area contributed by atoms with Crippen LogP contribution in [0.25, 0.3) is 0 Å². The second-order valence-corrected chi connectivity index (χ2v) is 4.30. The molecule has 0 rings (SSSR count). The highest BCUT2D eigenvalue weighted by molar-refractivity contribution is 8.02. The summed E-state index contributed by atoms with van der Waals surface area (Å²) in [4.78, 5) is 0. The van der Waals surface area contributed by atoms with E-state index in [1.807, 2.05) is 18.8 Å². The van der Waals surface area contributed by atoms with Crippen LogP contribution in [0.4, 0.5) is 0 Å². The molecule has 0 aromatic carbocycles. The molecule has 0 aromatic heterocycles. The van der Waals surface area contributed by atoms with Crippen molar-refractivity contribution in [2.45, 2.75) is 26.0 Å². The monoisotopic (exact) mass is 173 g/mol. The Morgan fingerprint density at radius 2 is 2.00 bits per heavy atom. The Hall–Kier alpha value is 0.0500. The first-order valence-corrected chi connectivity index (χ1v) is 5.07. The minimum atomic E-state index is 0.725. The third-order valence-electron chi connectivity index (χ3n) is 1.65. The van der Waals surface area contributed by atoms with Crippen LogP contribution in [0.5, 0.6) is 0 Å². The van der Waals surface area contributed by atoms with Crippen LogP contribution >= 0.6 is 11.8 Å². The molecule has 0 heterocycles. The van der Waals surface area contributed by atoms with Crippen LogP contribution in [0.1, 0.15) is 20.8 Å². The number of nitrogens with one attached hydrogen (secondary N) is 1. The van der Waals surface area contributed by atoms with E-state index in [0.717, 1.165) is 17.7 Å². The van der Waals surface area contributed by atoms with Gasteiger partial charge >= 0.3 is 0 Å². The fraction of sp³-hybridized carbons (Fsp3) is 0.778. The smallest absolute Gasteiger partial charge is 0.0139 e. The molecule has 0 aromatic rings. The average Bonchev–Trinajstić information content (AvgIpc) is 1.97. The molecular formula is C9H19NS. The van der Waals surface area contributed by atoms with Crippen LogP contribution in [-0.4, -0.2) is 18.8 Å². The van der Waals surface area contributed by atoms with E-state index in [4.69, 9.17) is 0 Å². The van der Waals surface area contributed by atoms with E-state index in [-0.39, 0.29) is 0 Å². The predicted molar refractivity (Wildman–Crippen MR) is 55.0 cm³/mol. The second-order valence-electron chi connectivity index (χ2n) is 3.01. The number of hydrogen-bond acceptors (Lipinski definition) is 2. The van der Waals surface area contributed by atoms with Gasteiger partial charge in [0.25, 0.3) is 0 Å². The van der Waals surface area contributed by atoms with Gasteiger partial charge in [-0.25, -0.2) is 0 Å². The van der Waals surface area contributed by atoms with Gasteiger partial charge in [0.15, 0.2) is 0 Å². The number of hydrogen-bond donors (Lipinski definition) is 1. The molecule has 0 radical (unpaired) electrons. The summed E-state index contributed by atoms with van der Waals surface area (Å²) in [6.45, 7) is 7.74. The Balaban J connectivity index is 3.36. The number of rotatable bonds is 5. The molecule has 1 nitrogen and oxygen atoms in total. The van der Waals surface area contributed by atoms with Gasteiger partial charge in [0.05, 0.1) is 0 Å². The molecular weight excluding hydrogens is 154 g/mol. The highest BCUT2D eigenvalue weighted by atomic mass is 32.2. The lowest BCUT2D eigenvalue weighted by Gasteiger charge is -2.11. The molecule has 2 heteroatoms. The molecule has 0 amide bonds. The lowest BCUT2D eigenvalue weighted by molar-refractivity contribution is 0.644. The van der Waals surface area contributed by atoms with Crippen molar-refractivity contribution in [3.63, 3.8) is 0 Å². The summed E-state index contributed by atoms with van der Waals surface area (Å²) in [6, 6.07) is 0. The van der Waals surface area contributed by atoms with Gasteiger partial charge in [0.2, 0.25) is 0 Å². The maximum Gasteiger partial charge on any atom is 0.0139 e. The maximum atomic E-state index is 3.07. The van der Waals surface area contributed by atoms with Crippen molar-refractivity contribution in [1.29, 1.82) is 0 Å². The van der Waals surface area contributed by atoms with Gasteiger partial charge in [-0.05, 0) is 18.4 Å². The Morgan fingerprint density at radius 3 is 2.45 bits per heavy atom. The van der Waals surface area contributed by atoms with Crippen LogP contribution < -0.4 is 5.32 Å². The lowest BCUT2D eigenvalue weighted by Crippen LogP contribution is -2.05. The first kappa shape index (κ1) is 11.1. The first-order valence-electron chi connectivity index (χ1n) is 4.13. The van der Waals surface area contributed by atoms with Crippen LogP contribution in [0, 0.1) is 5.92 Å². The Labute approximate surface area is 74.6 Å². The van der Waals surface area contributed by atoms with Gasteiger partial charge in [-0.2, -0.15) is 0 Å². The van der Waals surface area contributed by atoms with Crippen LogP contribution in [-0.2, 0) is 0 Å². The largest absolute Gasteiger partial charge is 0.316 e. The van der Waals surface area contributed by atoms with Crippen molar-refractivity contribution < 1.29 is 0 Å². The Kier molecular flexibility index (Phi) is 6.77. The van der Waals surface area contributed by atoms with Crippen molar-refractivity contribution in [3.8, 4) is 0 Å². The van der Waals surface area contributed by atoms with Gasteiger partial charge in [-0.1, -0.05) is 26.8 Å². The summed E-state index contributed by atoms with van der Waals surface area (Å²) in [5, 5.41) is 5.98. The quantitative estimate of drug-likeness (QED) is 0.685. The molecule has 0 bridgehead atoms. The minimum absolute atomic E-state index is 0.725. The molecule has 0 aliphatic rings. The van der Waals surface area contributed by atoms with Gasteiger partial charge in [0, 0.05) is 11.8 Å². The standard InChI is InChI=1S/C9H19NS/c1-8(2)9(3)11-7-5-6-10-4/h5,7-10H,6H2,1-4H3/b7-5-. The molecule has 0 saturated heterocycles. The van der Waals surface area contributed by atoms with Crippen molar-refractivity contribution in [3.05, 3.63) is 11.5 Å². The summed E-state index contributed by atoms with van der Waals surface area (Å²) in [7, 11) is 1.96. The third-order valence-corrected chi connectivity index (χ3v) is 2.97. The van der Waals surface area contributed by atoms with Gasteiger partial charge in [-0.3, -0.25) is 0 Å². The average molecular weight is 173 g/mol. The van der Waals surface area contributed by atoms with Crippen LogP contribution in [0.3, 0.4) is 0 Å². The molecule has 0 aliphatic heterocycles. The number of thioether (sulfide) groups is 1. The van der Waals surface area contributed by atoms with Crippen molar-refractivity contribution in [1.82, 2.24) is 5.32 Å². The van der Waals surface area contributed by atoms with Crippen LogP contribution in [0.15, 0.2) is 11.5 Å². The zero-order valence-corrected chi connectivity index (χ0v) is 8.74. The summed E-state index contributed by atoms with van der Waals surface area (Å²) in [5.74, 6) is 0.763. The summed E-state index contributed by atoms with van der Waals surface area (Å²) < 4.78 is 0. The van der Waals surface area contributed by atoms with Crippen LogP contribution in [0.2, 0.25) is 0 Å². The minimum Gasteiger partial charge on any atom is -0.316 e. The first-order chi connectivity index (χ1) is 5.18. The van der Waals surface area contributed by atoms with E-state index < -0.39 is 0 Å². The van der Waals surface area contributed by atoms with Gasteiger partial charge in [-0.15, -0.1) is 11.8 Å². The summed E-state index contributed by atoms with van der Waals surface area (Å²) in [5.41, 5.74) is 0. The highest BCUT2D eigenvalue weighted by Crippen LogP contribution is 2.18. The molecule has 1 atom stereocenters. The molecule has 1 unspecified atom stereocenters. The van der Waals surface area contributed by atoms with E-state index in [1.165, 1.54) is 0 Å². The van der Waals surface area contributed by atoms with E-state index in [9.17, 15) is 0 Å². The Bertz CT molecular complexity index is 110. The van der Waals surface area contributed by atoms with E-state index in [2.05, 4.69) is 37.6 Å². The third kappa shape index (κ3) is 6.45. The van der Waals surface area contributed by atoms with Gasteiger partial charge in [0.1, 0.15) is 0 Å². The molecule has 0 spiro atoms. The van der Waals surface area contributed by atoms with Crippen molar-refractivity contribution in [2.24, 2.45) is 5.92 Å². The normalized spacial score (nSPS) is 14.6. The zero-order valence-electron chi connectivity index (χ0n) is 7.92. The molecule has 11 heavy (non-hydrogen) atoms. The van der Waals surface area contributed by atoms with Gasteiger partial charge < -0.3 is 5.32 Å². The molecule has 0 aliphatic carbocycles. The second kappa shape index (κ2) is 6.74. The van der Waals surface area contributed by atoms with E-state index >= 15 is 0 Å². The van der Waals surface area contributed by atoms with Crippen molar-refractivity contribution in [2.75, 3.05) is 13.6 Å². The van der Waals surface area contributed by atoms with Crippen molar-refractivity contribution >= 4 is 11.8 Å². The molecule has 0 saturated carbocycles. The Morgan fingerprint density at radius 1 is 1.36 bits per heavy atom. The van der Waals surface area contributed by atoms with E-state index in [0.29, 0.717) is 0 Å². The highest BCUT2D eigenvalue weighted by Gasteiger charge is 2.03. The SMILES string of the molecule is CNC/C=C\SC(C)C(C)C. The maximum absolute atomic E-state index is 3.07. The van der Waals surface area contributed by atoms with E-state index in [1.54, 1.807) is 0 Å². The number of likely N-dealkylation sites (N-methyl/N-ethyl adjacent to an activating group) is 1. The molecule has 0 fully saturated rings. The zero-order chi connectivity index (χ0) is 8.69. The fourth-order valence-electron chi connectivity index (χ4n) is 0.503.